The van der Waals surface area contributed by atoms with Crippen molar-refractivity contribution >= 4 is 29.5 Å². The molecule has 1 heterocycles. The molecule has 1 saturated carbocycles. The highest BCUT2D eigenvalue weighted by molar-refractivity contribution is 6.04. The minimum absolute atomic E-state index is 0.0137. The number of hydrogen-bond acceptors (Lipinski definition) is 5. The zero-order chi connectivity index (χ0) is 26.5. The third-order valence-electron chi connectivity index (χ3n) is 6.63. The van der Waals surface area contributed by atoms with Gasteiger partial charge in [-0.2, -0.15) is 0 Å². The molecule has 1 aliphatic rings. The summed E-state index contributed by atoms with van der Waals surface area (Å²) in [7, 11) is 0. The summed E-state index contributed by atoms with van der Waals surface area (Å²) in [5.41, 5.74) is 1.75. The summed E-state index contributed by atoms with van der Waals surface area (Å²) in [6, 6.07) is 15.6. The van der Waals surface area contributed by atoms with Crippen molar-refractivity contribution < 1.29 is 24.2 Å². The molecule has 1 aromatic heterocycles. The Morgan fingerprint density at radius 2 is 1.68 bits per heavy atom. The van der Waals surface area contributed by atoms with Gasteiger partial charge in [0.1, 0.15) is 0 Å². The van der Waals surface area contributed by atoms with E-state index in [0.717, 1.165) is 25.7 Å². The third-order valence-corrected chi connectivity index (χ3v) is 6.63. The van der Waals surface area contributed by atoms with Gasteiger partial charge < -0.3 is 15.2 Å². The molecule has 3 aromatic rings. The number of nitrogens with one attached hydrogen (secondary N) is 1. The lowest BCUT2D eigenvalue weighted by Crippen LogP contribution is -2.42. The molecule has 2 aromatic carbocycles. The highest BCUT2D eigenvalue weighted by atomic mass is 16.7. The number of carbonyl (C=O) groups excluding carboxylic acids is 2. The van der Waals surface area contributed by atoms with Gasteiger partial charge in [-0.05, 0) is 81.8 Å². The van der Waals surface area contributed by atoms with E-state index in [4.69, 9.17) is 4.74 Å². The van der Waals surface area contributed by atoms with Crippen LogP contribution in [-0.4, -0.2) is 38.9 Å². The molecule has 9 nitrogen and oxygen atoms in total. The van der Waals surface area contributed by atoms with E-state index in [0.29, 0.717) is 22.9 Å². The van der Waals surface area contributed by atoms with Crippen molar-refractivity contribution in [2.45, 2.75) is 52.5 Å². The largest absolute Gasteiger partial charge is 0.511 e. The maximum Gasteiger partial charge on any atom is 0.511 e. The number of rotatable bonds is 7. The monoisotopic (exact) mass is 504 g/mol. The molecule has 1 aliphatic carbocycles. The summed E-state index contributed by atoms with van der Waals surface area (Å²) < 4.78 is 6.52. The average Bonchev–Trinajstić information content (AvgIpc) is 3.27. The van der Waals surface area contributed by atoms with Gasteiger partial charge in [-0.3, -0.25) is 14.5 Å². The van der Waals surface area contributed by atoms with E-state index in [1.54, 1.807) is 53.4 Å². The average molecular weight is 505 g/mol. The van der Waals surface area contributed by atoms with Gasteiger partial charge in [-0.1, -0.05) is 25.1 Å². The van der Waals surface area contributed by atoms with Crippen LogP contribution in [-0.2, 0) is 4.79 Å². The molecule has 0 bridgehead atoms. The van der Waals surface area contributed by atoms with Crippen molar-refractivity contribution in [1.29, 1.82) is 0 Å². The van der Waals surface area contributed by atoms with E-state index in [1.807, 2.05) is 19.9 Å². The Morgan fingerprint density at radius 1 is 1.03 bits per heavy atom. The SMILES string of the molecule is CC1CCC(C(=O)N(c2nn(-c3ccc(NC(=O)c4ccccc4)cc3)cc2OC(=O)O)C(C)C)CC1. The van der Waals surface area contributed by atoms with Gasteiger partial charge in [0.2, 0.25) is 11.7 Å². The Labute approximate surface area is 216 Å². The topological polar surface area (TPSA) is 114 Å². The van der Waals surface area contributed by atoms with Gasteiger partial charge in [0.25, 0.3) is 5.91 Å². The van der Waals surface area contributed by atoms with Crippen LogP contribution in [0, 0.1) is 11.8 Å². The molecule has 4 rings (SSSR count). The van der Waals surface area contributed by atoms with Crippen LogP contribution in [0.4, 0.5) is 16.3 Å². The van der Waals surface area contributed by atoms with Crippen LogP contribution in [0.2, 0.25) is 0 Å². The number of amides is 2. The van der Waals surface area contributed by atoms with Crippen molar-refractivity contribution in [3.63, 3.8) is 0 Å². The Hall–Kier alpha value is -4.14. The van der Waals surface area contributed by atoms with Crippen molar-refractivity contribution in [3.05, 3.63) is 66.4 Å². The molecule has 2 amide bonds. The third kappa shape index (κ3) is 6.17. The number of benzene rings is 2. The van der Waals surface area contributed by atoms with Crippen LogP contribution >= 0.6 is 0 Å². The summed E-state index contributed by atoms with van der Waals surface area (Å²) in [6.07, 6.45) is 3.55. The summed E-state index contributed by atoms with van der Waals surface area (Å²) in [4.78, 5) is 38.9. The Balaban J connectivity index is 1.59. The summed E-state index contributed by atoms with van der Waals surface area (Å²) in [5.74, 6) is 0.329. The molecule has 37 heavy (non-hydrogen) atoms. The first-order valence-electron chi connectivity index (χ1n) is 12.5. The van der Waals surface area contributed by atoms with Crippen molar-refractivity contribution in [1.82, 2.24) is 9.78 Å². The summed E-state index contributed by atoms with van der Waals surface area (Å²) >= 11 is 0. The minimum atomic E-state index is -1.48. The van der Waals surface area contributed by atoms with Crippen molar-refractivity contribution in [2.24, 2.45) is 11.8 Å². The van der Waals surface area contributed by atoms with Gasteiger partial charge >= 0.3 is 6.16 Å². The molecule has 194 valence electrons. The quantitative estimate of drug-likeness (QED) is 0.396. The number of ether oxygens (including phenoxy) is 1. The van der Waals surface area contributed by atoms with E-state index in [2.05, 4.69) is 17.3 Å². The Bertz CT molecular complexity index is 1250. The van der Waals surface area contributed by atoms with Crippen LogP contribution in [0.3, 0.4) is 0 Å². The molecule has 2 N–H and O–H groups in total. The van der Waals surface area contributed by atoms with E-state index in [9.17, 15) is 19.5 Å². The Kier molecular flexibility index (Phi) is 7.91. The number of aromatic nitrogens is 2. The van der Waals surface area contributed by atoms with Crippen molar-refractivity contribution in [2.75, 3.05) is 10.2 Å². The zero-order valence-corrected chi connectivity index (χ0v) is 21.3. The first-order chi connectivity index (χ1) is 17.7. The lowest BCUT2D eigenvalue weighted by molar-refractivity contribution is -0.124. The highest BCUT2D eigenvalue weighted by Gasteiger charge is 2.34. The molecule has 9 heteroatoms. The number of nitrogens with zero attached hydrogens (tertiary/aromatic N) is 3. The summed E-state index contributed by atoms with van der Waals surface area (Å²) in [5, 5.41) is 16.7. The smallest absolute Gasteiger partial charge is 0.449 e. The van der Waals surface area contributed by atoms with E-state index in [-0.39, 0.29) is 35.3 Å². The van der Waals surface area contributed by atoms with Crippen LogP contribution in [0.5, 0.6) is 5.75 Å². The van der Waals surface area contributed by atoms with Crippen LogP contribution in [0.1, 0.15) is 56.8 Å². The van der Waals surface area contributed by atoms with E-state index < -0.39 is 6.16 Å². The number of hydrogen-bond donors (Lipinski definition) is 2. The van der Waals surface area contributed by atoms with Crippen LogP contribution in [0.25, 0.3) is 5.69 Å². The fourth-order valence-electron chi connectivity index (χ4n) is 4.61. The predicted molar refractivity (Wildman–Crippen MR) is 140 cm³/mol. The predicted octanol–water partition coefficient (Wildman–Crippen LogP) is 5.75. The fourth-order valence-corrected chi connectivity index (χ4v) is 4.61. The highest BCUT2D eigenvalue weighted by Crippen LogP contribution is 2.35. The Morgan fingerprint density at radius 3 is 2.27 bits per heavy atom. The maximum absolute atomic E-state index is 13.5. The normalized spacial score (nSPS) is 17.3. The number of carbonyl (C=O) groups is 3. The molecule has 0 unspecified atom stereocenters. The van der Waals surface area contributed by atoms with Crippen molar-refractivity contribution in [3.8, 4) is 11.4 Å². The maximum atomic E-state index is 13.5. The number of carboxylic acid groups (broad SMARTS) is 1. The fraction of sp³-hybridized carbons (Fsp3) is 0.357. The van der Waals surface area contributed by atoms with Gasteiger partial charge in [-0.15, -0.1) is 5.10 Å². The molecule has 0 atom stereocenters. The molecule has 1 fully saturated rings. The van der Waals surface area contributed by atoms with E-state index in [1.165, 1.54) is 10.9 Å². The number of anilines is 2. The zero-order valence-electron chi connectivity index (χ0n) is 21.3. The van der Waals surface area contributed by atoms with Gasteiger partial charge in [0, 0.05) is 23.2 Å². The molecular weight excluding hydrogens is 472 g/mol. The second-order valence-corrected chi connectivity index (χ2v) is 9.76. The second kappa shape index (κ2) is 11.3. The van der Waals surface area contributed by atoms with Gasteiger partial charge in [-0.25, -0.2) is 9.48 Å². The van der Waals surface area contributed by atoms with Crippen LogP contribution in [0.15, 0.2) is 60.8 Å². The first kappa shape index (κ1) is 25.9. The second-order valence-electron chi connectivity index (χ2n) is 9.76. The first-order valence-corrected chi connectivity index (χ1v) is 12.5. The molecular formula is C28H32N4O5. The lowest BCUT2D eigenvalue weighted by atomic mass is 9.82. The minimum Gasteiger partial charge on any atom is -0.449 e. The summed E-state index contributed by atoms with van der Waals surface area (Å²) in [6.45, 7) is 5.94. The molecule has 0 saturated heterocycles. The standard InChI is InChI=1S/C28H32N4O5/c1-18(2)32(27(34)21-11-9-19(3)10-12-21)25-24(37-28(35)36)17-31(30-25)23-15-13-22(14-16-23)29-26(33)20-7-5-4-6-8-20/h4-8,13-19,21H,9-12H2,1-3H3,(H,29,33)(H,35,36). The molecule has 0 radical (unpaired) electrons. The lowest BCUT2D eigenvalue weighted by Gasteiger charge is -2.32. The molecule has 0 spiro atoms. The van der Waals surface area contributed by atoms with Gasteiger partial charge in [0.05, 0.1) is 11.9 Å². The van der Waals surface area contributed by atoms with Gasteiger partial charge in [0.15, 0.2) is 5.75 Å². The van der Waals surface area contributed by atoms with Crippen LogP contribution < -0.4 is 15.0 Å². The molecule has 0 aliphatic heterocycles. The van der Waals surface area contributed by atoms with E-state index >= 15 is 0 Å².